The zero-order valence-corrected chi connectivity index (χ0v) is 10.7. The van der Waals surface area contributed by atoms with Gasteiger partial charge in [0.25, 0.3) is 0 Å². The molecular weight excluding hydrogens is 210 g/mol. The SMILES string of the molecule is C=Nc1ccccc1/C(=C\C)NCCCNC. The first-order valence-electron chi connectivity index (χ1n) is 5.94. The summed E-state index contributed by atoms with van der Waals surface area (Å²) < 4.78 is 0. The Hall–Kier alpha value is -1.61. The van der Waals surface area contributed by atoms with Gasteiger partial charge in [0.05, 0.1) is 5.69 Å². The minimum absolute atomic E-state index is 0.918. The highest BCUT2D eigenvalue weighted by Gasteiger charge is 2.04. The predicted octanol–water partition coefficient (Wildman–Crippen LogP) is 2.58. The molecule has 92 valence electrons. The van der Waals surface area contributed by atoms with Crippen molar-refractivity contribution in [2.75, 3.05) is 20.1 Å². The number of benzene rings is 1. The third kappa shape index (κ3) is 4.04. The molecule has 0 aliphatic heterocycles. The summed E-state index contributed by atoms with van der Waals surface area (Å²) in [6, 6.07) is 8.02. The maximum absolute atomic E-state index is 4.04. The molecule has 0 radical (unpaired) electrons. The van der Waals surface area contributed by atoms with E-state index in [1.807, 2.05) is 32.2 Å². The molecule has 0 fully saturated rings. The van der Waals surface area contributed by atoms with Crippen LogP contribution >= 0.6 is 0 Å². The molecule has 0 atom stereocenters. The fourth-order valence-electron chi connectivity index (χ4n) is 1.68. The number of hydrogen-bond donors (Lipinski definition) is 2. The van der Waals surface area contributed by atoms with Crippen LogP contribution in [0.2, 0.25) is 0 Å². The van der Waals surface area contributed by atoms with Gasteiger partial charge in [-0.2, -0.15) is 0 Å². The van der Waals surface area contributed by atoms with Gasteiger partial charge in [-0.05, 0) is 39.7 Å². The normalized spacial score (nSPS) is 11.3. The highest BCUT2D eigenvalue weighted by molar-refractivity contribution is 5.74. The van der Waals surface area contributed by atoms with Crippen molar-refractivity contribution in [3.63, 3.8) is 0 Å². The fraction of sp³-hybridized carbons (Fsp3) is 0.357. The Labute approximate surface area is 104 Å². The van der Waals surface area contributed by atoms with Crippen molar-refractivity contribution in [1.82, 2.24) is 10.6 Å². The molecule has 0 heterocycles. The Bertz CT molecular complexity index is 383. The van der Waals surface area contributed by atoms with Gasteiger partial charge in [0.1, 0.15) is 0 Å². The number of rotatable bonds is 7. The van der Waals surface area contributed by atoms with Crippen LogP contribution in [0.15, 0.2) is 35.3 Å². The van der Waals surface area contributed by atoms with E-state index in [1.54, 1.807) is 0 Å². The second kappa shape index (κ2) is 7.63. The van der Waals surface area contributed by atoms with Gasteiger partial charge in [-0.3, -0.25) is 4.99 Å². The van der Waals surface area contributed by atoms with Crippen LogP contribution in [0.25, 0.3) is 5.70 Å². The fourth-order valence-corrected chi connectivity index (χ4v) is 1.68. The average molecular weight is 231 g/mol. The molecule has 0 saturated carbocycles. The average Bonchev–Trinajstić information content (AvgIpc) is 2.39. The van der Waals surface area contributed by atoms with Crippen molar-refractivity contribution >= 4 is 18.1 Å². The summed E-state index contributed by atoms with van der Waals surface area (Å²) in [6.07, 6.45) is 3.17. The number of allylic oxidation sites excluding steroid dienone is 1. The van der Waals surface area contributed by atoms with E-state index in [1.165, 1.54) is 0 Å². The second-order valence-corrected chi connectivity index (χ2v) is 3.76. The second-order valence-electron chi connectivity index (χ2n) is 3.76. The standard InChI is InChI=1S/C14H21N3/c1-4-13(17-11-7-10-15-2)12-8-5-6-9-14(12)16-3/h4-6,8-9,15,17H,3,7,10-11H2,1-2H3/b13-4+. The van der Waals surface area contributed by atoms with Crippen LogP contribution in [0.1, 0.15) is 18.9 Å². The molecule has 1 aromatic carbocycles. The summed E-state index contributed by atoms with van der Waals surface area (Å²) >= 11 is 0. The smallest absolute Gasteiger partial charge is 0.0715 e. The number of para-hydroxylation sites is 1. The van der Waals surface area contributed by atoms with E-state index in [9.17, 15) is 0 Å². The minimum Gasteiger partial charge on any atom is -0.385 e. The molecular formula is C14H21N3. The molecule has 0 aromatic heterocycles. The maximum atomic E-state index is 4.04. The summed E-state index contributed by atoms with van der Waals surface area (Å²) in [4.78, 5) is 4.04. The Balaban J connectivity index is 2.70. The molecule has 0 spiro atoms. The Morgan fingerprint density at radius 1 is 1.35 bits per heavy atom. The third-order valence-electron chi connectivity index (χ3n) is 2.57. The van der Waals surface area contributed by atoms with Crippen LogP contribution < -0.4 is 10.6 Å². The van der Waals surface area contributed by atoms with E-state index in [0.717, 1.165) is 36.5 Å². The lowest BCUT2D eigenvalue weighted by molar-refractivity contribution is 0.698. The molecule has 0 saturated heterocycles. The number of hydrogen-bond acceptors (Lipinski definition) is 3. The van der Waals surface area contributed by atoms with Gasteiger partial charge in [0.2, 0.25) is 0 Å². The zero-order chi connectivity index (χ0) is 12.5. The van der Waals surface area contributed by atoms with E-state index < -0.39 is 0 Å². The first kappa shape index (κ1) is 13.5. The van der Waals surface area contributed by atoms with Crippen molar-refractivity contribution in [3.8, 4) is 0 Å². The summed E-state index contributed by atoms with van der Waals surface area (Å²) in [5, 5.41) is 6.56. The Morgan fingerprint density at radius 2 is 2.12 bits per heavy atom. The van der Waals surface area contributed by atoms with Gasteiger partial charge in [0.15, 0.2) is 0 Å². The van der Waals surface area contributed by atoms with E-state index in [2.05, 4.69) is 34.5 Å². The zero-order valence-electron chi connectivity index (χ0n) is 10.7. The Kier molecular flexibility index (Phi) is 6.04. The number of nitrogens with zero attached hydrogens (tertiary/aromatic N) is 1. The van der Waals surface area contributed by atoms with Crippen molar-refractivity contribution < 1.29 is 0 Å². The molecule has 3 heteroatoms. The minimum atomic E-state index is 0.918. The van der Waals surface area contributed by atoms with Crippen LogP contribution in [0.4, 0.5) is 5.69 Å². The van der Waals surface area contributed by atoms with E-state index >= 15 is 0 Å². The van der Waals surface area contributed by atoms with Gasteiger partial charge in [0, 0.05) is 17.8 Å². The molecule has 0 amide bonds. The van der Waals surface area contributed by atoms with E-state index in [0.29, 0.717) is 0 Å². The van der Waals surface area contributed by atoms with Crippen LogP contribution in [0, 0.1) is 0 Å². The predicted molar refractivity (Wildman–Crippen MR) is 75.8 cm³/mol. The van der Waals surface area contributed by atoms with Gasteiger partial charge in [-0.15, -0.1) is 0 Å². The van der Waals surface area contributed by atoms with Crippen molar-refractivity contribution in [1.29, 1.82) is 0 Å². The van der Waals surface area contributed by atoms with Crippen molar-refractivity contribution in [3.05, 3.63) is 35.9 Å². The lowest BCUT2D eigenvalue weighted by Crippen LogP contribution is -2.18. The molecule has 1 rings (SSSR count). The van der Waals surface area contributed by atoms with Crippen LogP contribution in [0.3, 0.4) is 0 Å². The third-order valence-corrected chi connectivity index (χ3v) is 2.57. The first-order valence-corrected chi connectivity index (χ1v) is 5.94. The number of nitrogens with one attached hydrogen (secondary N) is 2. The van der Waals surface area contributed by atoms with Crippen molar-refractivity contribution in [2.24, 2.45) is 4.99 Å². The molecule has 0 aliphatic carbocycles. The maximum Gasteiger partial charge on any atom is 0.0715 e. The molecule has 0 bridgehead atoms. The van der Waals surface area contributed by atoms with Crippen LogP contribution in [-0.4, -0.2) is 26.9 Å². The summed E-state index contributed by atoms with van der Waals surface area (Å²) in [6.45, 7) is 7.60. The number of aliphatic imine (C=N–C) groups is 1. The quantitative estimate of drug-likeness (QED) is 0.559. The monoisotopic (exact) mass is 231 g/mol. The van der Waals surface area contributed by atoms with E-state index in [-0.39, 0.29) is 0 Å². The van der Waals surface area contributed by atoms with Crippen molar-refractivity contribution in [2.45, 2.75) is 13.3 Å². The van der Waals surface area contributed by atoms with Gasteiger partial charge in [-0.1, -0.05) is 24.3 Å². The van der Waals surface area contributed by atoms with E-state index in [4.69, 9.17) is 0 Å². The molecule has 1 aromatic rings. The highest BCUT2D eigenvalue weighted by atomic mass is 14.9. The van der Waals surface area contributed by atoms with Gasteiger partial charge >= 0.3 is 0 Å². The topological polar surface area (TPSA) is 36.4 Å². The van der Waals surface area contributed by atoms with Crippen LogP contribution in [-0.2, 0) is 0 Å². The lowest BCUT2D eigenvalue weighted by Gasteiger charge is -2.12. The summed E-state index contributed by atoms with van der Waals surface area (Å²) in [7, 11) is 1.97. The lowest BCUT2D eigenvalue weighted by atomic mass is 10.1. The molecule has 0 unspecified atom stereocenters. The summed E-state index contributed by atoms with van der Waals surface area (Å²) in [5.41, 5.74) is 3.14. The molecule has 2 N–H and O–H groups in total. The van der Waals surface area contributed by atoms with Gasteiger partial charge < -0.3 is 10.6 Å². The van der Waals surface area contributed by atoms with Gasteiger partial charge in [-0.25, -0.2) is 0 Å². The molecule has 17 heavy (non-hydrogen) atoms. The molecule has 3 nitrogen and oxygen atoms in total. The largest absolute Gasteiger partial charge is 0.385 e. The first-order chi connectivity index (χ1) is 8.33. The highest BCUT2D eigenvalue weighted by Crippen LogP contribution is 2.23. The summed E-state index contributed by atoms with van der Waals surface area (Å²) in [5.74, 6) is 0. The van der Waals surface area contributed by atoms with Crippen LogP contribution in [0.5, 0.6) is 0 Å². The molecule has 0 aliphatic rings. The Morgan fingerprint density at radius 3 is 2.76 bits per heavy atom.